The van der Waals surface area contributed by atoms with Crippen LogP contribution in [0.5, 0.6) is 0 Å². The highest BCUT2D eigenvalue weighted by molar-refractivity contribution is 6.31. The zero-order valence-electron chi connectivity index (χ0n) is 14.9. The number of nitrogens with one attached hydrogen (secondary N) is 1. The Morgan fingerprint density at radius 3 is 1.96 bits per heavy atom. The minimum atomic E-state index is -1.14. The summed E-state index contributed by atoms with van der Waals surface area (Å²) in [7, 11) is 0. The molecule has 0 aliphatic rings. The largest absolute Gasteiger partial charge is 0.478 e. The average Bonchev–Trinajstić information content (AvgIpc) is 2.68. The number of rotatable bonds is 6. The molecule has 0 unspecified atom stereocenters. The third-order valence-corrected chi connectivity index (χ3v) is 4.51. The number of anilines is 1. The van der Waals surface area contributed by atoms with Gasteiger partial charge < -0.3 is 15.5 Å². The summed E-state index contributed by atoms with van der Waals surface area (Å²) in [6.07, 6.45) is 0.106. The summed E-state index contributed by atoms with van der Waals surface area (Å²) in [5, 5.41) is 21.3. The summed E-state index contributed by atoms with van der Waals surface area (Å²) in [5.41, 5.74) is 3.81. The van der Waals surface area contributed by atoms with Crippen LogP contribution in [0.2, 0.25) is 5.02 Å². The highest BCUT2D eigenvalue weighted by atomic mass is 35.5. The number of halogens is 1. The molecular formula is C22H18ClNO4. The molecule has 142 valence electrons. The first-order valence-electron chi connectivity index (χ1n) is 8.58. The molecule has 3 aromatic rings. The quantitative estimate of drug-likeness (QED) is 0.578. The monoisotopic (exact) mass is 395 g/mol. The van der Waals surface area contributed by atoms with Crippen molar-refractivity contribution >= 4 is 29.2 Å². The topological polar surface area (TPSA) is 86.6 Å². The lowest BCUT2D eigenvalue weighted by Gasteiger charge is -2.10. The smallest absolute Gasteiger partial charge is 0.337 e. The Morgan fingerprint density at radius 1 is 0.857 bits per heavy atom. The summed E-state index contributed by atoms with van der Waals surface area (Å²) in [4.78, 5) is 23.6. The lowest BCUT2D eigenvalue weighted by atomic mass is 10.0. The summed E-state index contributed by atoms with van der Waals surface area (Å²) in [6.45, 7) is 0.00451. The van der Waals surface area contributed by atoms with Crippen LogP contribution in [-0.4, -0.2) is 22.1 Å². The number of benzene rings is 3. The van der Waals surface area contributed by atoms with Gasteiger partial charge in [0.25, 0.3) is 0 Å². The number of carbonyl (C=O) groups excluding carboxylic acids is 1. The van der Waals surface area contributed by atoms with E-state index in [4.69, 9.17) is 16.7 Å². The number of amides is 1. The molecule has 5 nitrogen and oxygen atoms in total. The maximum atomic E-state index is 12.3. The van der Waals surface area contributed by atoms with Crippen LogP contribution in [0.3, 0.4) is 0 Å². The minimum absolute atomic E-state index is 0.00451. The number of aromatic carboxylic acids is 1. The van der Waals surface area contributed by atoms with Gasteiger partial charge in [0.1, 0.15) is 0 Å². The number of aliphatic hydroxyl groups is 1. The first-order valence-corrected chi connectivity index (χ1v) is 8.96. The fourth-order valence-electron chi connectivity index (χ4n) is 2.80. The molecule has 0 radical (unpaired) electrons. The van der Waals surface area contributed by atoms with E-state index < -0.39 is 5.97 Å². The van der Waals surface area contributed by atoms with E-state index in [9.17, 15) is 14.7 Å². The Labute approximate surface area is 167 Å². The van der Waals surface area contributed by atoms with Gasteiger partial charge in [-0.3, -0.25) is 4.79 Å². The molecule has 3 aromatic carbocycles. The van der Waals surface area contributed by atoms with E-state index >= 15 is 0 Å². The molecule has 6 heteroatoms. The molecule has 0 heterocycles. The Morgan fingerprint density at radius 2 is 1.43 bits per heavy atom. The van der Waals surface area contributed by atoms with Gasteiger partial charge in [-0.1, -0.05) is 60.1 Å². The standard InChI is InChI=1S/C22H18ClNO4/c23-18-9-10-19(22(27)28)20(12-18)24-21(26)11-14-1-5-16(6-2-14)17-7-3-15(13-25)4-8-17/h1-10,12,25H,11,13H2,(H,24,26)(H,27,28). The van der Waals surface area contributed by atoms with Crippen molar-refractivity contribution in [2.24, 2.45) is 0 Å². The molecule has 0 spiro atoms. The molecule has 0 aromatic heterocycles. The zero-order chi connectivity index (χ0) is 20.1. The summed E-state index contributed by atoms with van der Waals surface area (Å²) in [6, 6.07) is 19.4. The van der Waals surface area contributed by atoms with Crippen molar-refractivity contribution in [3.8, 4) is 11.1 Å². The van der Waals surface area contributed by atoms with Crippen molar-refractivity contribution in [1.29, 1.82) is 0 Å². The maximum absolute atomic E-state index is 12.3. The molecule has 0 aliphatic heterocycles. The molecule has 0 bridgehead atoms. The van der Waals surface area contributed by atoms with E-state index in [0.29, 0.717) is 5.02 Å². The van der Waals surface area contributed by atoms with Gasteiger partial charge in [0, 0.05) is 5.02 Å². The van der Waals surface area contributed by atoms with Crippen molar-refractivity contribution < 1.29 is 19.8 Å². The van der Waals surface area contributed by atoms with Crippen LogP contribution in [0.15, 0.2) is 66.7 Å². The lowest BCUT2D eigenvalue weighted by molar-refractivity contribution is -0.115. The zero-order valence-corrected chi connectivity index (χ0v) is 15.6. The second kappa shape index (κ2) is 8.69. The van der Waals surface area contributed by atoms with E-state index in [-0.39, 0.29) is 30.2 Å². The predicted octanol–water partition coefficient (Wildman–Crippen LogP) is 4.38. The molecule has 28 heavy (non-hydrogen) atoms. The first kappa shape index (κ1) is 19.6. The number of carboxylic acid groups (broad SMARTS) is 1. The van der Waals surface area contributed by atoms with E-state index in [0.717, 1.165) is 22.3 Å². The predicted molar refractivity (Wildman–Crippen MR) is 109 cm³/mol. The Kier molecular flexibility index (Phi) is 6.09. The van der Waals surface area contributed by atoms with Gasteiger partial charge in [0.2, 0.25) is 5.91 Å². The van der Waals surface area contributed by atoms with Crippen LogP contribution in [0, 0.1) is 0 Å². The third-order valence-electron chi connectivity index (χ3n) is 4.27. The molecule has 3 N–H and O–H groups in total. The summed E-state index contributed by atoms with van der Waals surface area (Å²) < 4.78 is 0. The second-order valence-electron chi connectivity index (χ2n) is 6.27. The lowest BCUT2D eigenvalue weighted by Crippen LogP contribution is -2.16. The van der Waals surface area contributed by atoms with Crippen LogP contribution in [0.1, 0.15) is 21.5 Å². The summed E-state index contributed by atoms with van der Waals surface area (Å²) in [5.74, 6) is -1.46. The number of hydrogen-bond acceptors (Lipinski definition) is 3. The SMILES string of the molecule is O=C(Cc1ccc(-c2ccc(CO)cc2)cc1)Nc1cc(Cl)ccc1C(=O)O. The average molecular weight is 396 g/mol. The van der Waals surface area contributed by atoms with Crippen molar-refractivity contribution in [3.63, 3.8) is 0 Å². The number of carbonyl (C=O) groups is 2. The second-order valence-corrected chi connectivity index (χ2v) is 6.71. The molecule has 0 saturated heterocycles. The third kappa shape index (κ3) is 4.76. The fourth-order valence-corrected chi connectivity index (χ4v) is 2.98. The molecule has 1 amide bonds. The number of hydrogen-bond donors (Lipinski definition) is 3. The molecule has 0 atom stereocenters. The van der Waals surface area contributed by atoms with Crippen molar-refractivity contribution in [3.05, 3.63) is 88.4 Å². The molecule has 3 rings (SSSR count). The number of aliphatic hydroxyl groups excluding tert-OH is 1. The molecular weight excluding hydrogens is 378 g/mol. The van der Waals surface area contributed by atoms with Gasteiger partial charge in [0.05, 0.1) is 24.3 Å². The summed E-state index contributed by atoms with van der Waals surface area (Å²) >= 11 is 5.90. The van der Waals surface area contributed by atoms with Crippen LogP contribution < -0.4 is 5.32 Å². The Bertz CT molecular complexity index is 998. The van der Waals surface area contributed by atoms with Crippen LogP contribution >= 0.6 is 11.6 Å². The van der Waals surface area contributed by atoms with Gasteiger partial charge >= 0.3 is 5.97 Å². The van der Waals surface area contributed by atoms with Crippen molar-refractivity contribution in [2.75, 3.05) is 5.32 Å². The number of carboxylic acids is 1. The normalized spacial score (nSPS) is 10.5. The Hall–Kier alpha value is -3.15. The van der Waals surface area contributed by atoms with Gasteiger partial charge in [-0.05, 0) is 40.5 Å². The van der Waals surface area contributed by atoms with Crippen LogP contribution in [0.4, 0.5) is 5.69 Å². The Balaban J connectivity index is 1.69. The van der Waals surface area contributed by atoms with Crippen molar-refractivity contribution in [1.82, 2.24) is 0 Å². The maximum Gasteiger partial charge on any atom is 0.337 e. The highest BCUT2D eigenvalue weighted by Crippen LogP contribution is 2.23. The van der Waals surface area contributed by atoms with Gasteiger partial charge in [-0.2, -0.15) is 0 Å². The van der Waals surface area contributed by atoms with E-state index in [1.165, 1.54) is 18.2 Å². The van der Waals surface area contributed by atoms with Crippen molar-refractivity contribution in [2.45, 2.75) is 13.0 Å². The highest BCUT2D eigenvalue weighted by Gasteiger charge is 2.13. The van der Waals surface area contributed by atoms with E-state index in [1.807, 2.05) is 48.5 Å². The van der Waals surface area contributed by atoms with Crippen LogP contribution in [-0.2, 0) is 17.8 Å². The fraction of sp³-hybridized carbons (Fsp3) is 0.0909. The van der Waals surface area contributed by atoms with E-state index in [2.05, 4.69) is 5.32 Å². The van der Waals surface area contributed by atoms with Crippen LogP contribution in [0.25, 0.3) is 11.1 Å². The van der Waals surface area contributed by atoms with Gasteiger partial charge in [-0.15, -0.1) is 0 Å². The molecule has 0 fully saturated rings. The van der Waals surface area contributed by atoms with Gasteiger partial charge in [-0.25, -0.2) is 4.79 Å². The first-order chi connectivity index (χ1) is 13.5. The minimum Gasteiger partial charge on any atom is -0.478 e. The molecule has 0 aliphatic carbocycles. The van der Waals surface area contributed by atoms with E-state index in [1.54, 1.807) is 0 Å². The molecule has 0 saturated carbocycles. The van der Waals surface area contributed by atoms with Gasteiger partial charge in [0.15, 0.2) is 0 Å².